The maximum atomic E-state index is 12.3. The van der Waals surface area contributed by atoms with Gasteiger partial charge >= 0.3 is 0 Å². The van der Waals surface area contributed by atoms with E-state index in [0.717, 1.165) is 38.5 Å². The Labute approximate surface area is 199 Å². The normalized spacial score (nSPS) is 14.5. The zero-order valence-corrected chi connectivity index (χ0v) is 23.0. The minimum Gasteiger partial charge on any atom is -0.396 e. The number of aliphatic hydroxyl groups excluding tert-OH is 1. The van der Waals surface area contributed by atoms with Crippen molar-refractivity contribution in [2.45, 2.75) is 125 Å². The Morgan fingerprint density at radius 1 is 0.875 bits per heavy atom. The van der Waals surface area contributed by atoms with Gasteiger partial charge in [-0.2, -0.15) is 0 Å². The van der Waals surface area contributed by atoms with Crippen LogP contribution in [0.25, 0.3) is 0 Å². The van der Waals surface area contributed by atoms with Gasteiger partial charge in [-0.25, -0.2) is 0 Å². The lowest BCUT2D eigenvalue weighted by Crippen LogP contribution is -2.35. The van der Waals surface area contributed by atoms with Crippen LogP contribution in [0.15, 0.2) is 0 Å². The van der Waals surface area contributed by atoms with Crippen molar-refractivity contribution in [3.05, 3.63) is 0 Å². The quantitative estimate of drug-likeness (QED) is 0.260. The molecule has 0 fully saturated rings. The molecule has 0 aliphatic rings. The van der Waals surface area contributed by atoms with Gasteiger partial charge in [-0.15, -0.1) is 0 Å². The van der Waals surface area contributed by atoms with Crippen molar-refractivity contribution >= 4 is 5.91 Å². The molecule has 0 saturated heterocycles. The summed E-state index contributed by atoms with van der Waals surface area (Å²) in [5.74, 6) is 0.345. The largest absolute Gasteiger partial charge is 0.396 e. The molecule has 0 spiro atoms. The predicted octanol–water partition coefficient (Wildman–Crippen LogP) is 6.12. The van der Waals surface area contributed by atoms with Crippen LogP contribution in [0.4, 0.5) is 0 Å². The van der Waals surface area contributed by atoms with Crippen molar-refractivity contribution in [2.75, 3.05) is 26.4 Å². The van der Waals surface area contributed by atoms with Crippen LogP contribution in [0.2, 0.25) is 0 Å². The van der Waals surface area contributed by atoms with Crippen LogP contribution in [-0.4, -0.2) is 48.6 Å². The molecule has 0 aromatic heterocycles. The lowest BCUT2D eigenvalue weighted by molar-refractivity contribution is -0.124. The Balaban J connectivity index is 4.24. The SMILES string of the molecule is CCCC(C)(C)OCCC(C)(C)OCCC(=O)NCCC(C)(C)CC(C)(C)C(CC)CO. The molecular weight excluding hydrogens is 402 g/mol. The fraction of sp³-hybridized carbons (Fsp3) is 0.963. The summed E-state index contributed by atoms with van der Waals surface area (Å²) in [7, 11) is 0. The highest BCUT2D eigenvalue weighted by atomic mass is 16.5. The summed E-state index contributed by atoms with van der Waals surface area (Å²) < 4.78 is 12.0. The first-order chi connectivity index (χ1) is 14.6. The molecule has 5 heteroatoms. The Morgan fingerprint density at radius 3 is 1.97 bits per heavy atom. The first-order valence-corrected chi connectivity index (χ1v) is 12.8. The van der Waals surface area contributed by atoms with Crippen molar-refractivity contribution < 1.29 is 19.4 Å². The summed E-state index contributed by atoms with van der Waals surface area (Å²) in [5.41, 5.74) is -0.225. The summed E-state index contributed by atoms with van der Waals surface area (Å²) in [6.45, 7) is 23.6. The highest BCUT2D eigenvalue weighted by Crippen LogP contribution is 2.41. The Bertz CT molecular complexity index is 522. The van der Waals surface area contributed by atoms with Gasteiger partial charge < -0.3 is 19.9 Å². The third kappa shape index (κ3) is 13.8. The molecular formula is C27H55NO4. The summed E-state index contributed by atoms with van der Waals surface area (Å²) in [6, 6.07) is 0. The fourth-order valence-corrected chi connectivity index (χ4v) is 4.76. The number of carbonyl (C=O) groups is 1. The number of ether oxygens (including phenoxy) is 2. The van der Waals surface area contributed by atoms with Gasteiger partial charge in [0.15, 0.2) is 0 Å². The van der Waals surface area contributed by atoms with Crippen LogP contribution in [0, 0.1) is 16.7 Å². The van der Waals surface area contributed by atoms with E-state index in [9.17, 15) is 9.90 Å². The van der Waals surface area contributed by atoms with Crippen LogP contribution in [0.1, 0.15) is 114 Å². The molecule has 0 aliphatic carbocycles. The van der Waals surface area contributed by atoms with Gasteiger partial charge in [0, 0.05) is 19.6 Å². The molecule has 1 unspecified atom stereocenters. The van der Waals surface area contributed by atoms with E-state index in [-0.39, 0.29) is 34.5 Å². The smallest absolute Gasteiger partial charge is 0.222 e. The molecule has 192 valence electrons. The molecule has 0 rings (SSSR count). The van der Waals surface area contributed by atoms with Gasteiger partial charge in [-0.3, -0.25) is 4.79 Å². The van der Waals surface area contributed by atoms with Crippen LogP contribution >= 0.6 is 0 Å². The van der Waals surface area contributed by atoms with Crippen molar-refractivity contribution in [1.82, 2.24) is 5.32 Å². The maximum Gasteiger partial charge on any atom is 0.222 e. The van der Waals surface area contributed by atoms with Gasteiger partial charge in [-0.05, 0) is 70.1 Å². The van der Waals surface area contributed by atoms with Gasteiger partial charge in [0.25, 0.3) is 0 Å². The van der Waals surface area contributed by atoms with Crippen LogP contribution in [-0.2, 0) is 14.3 Å². The second-order valence-electron chi connectivity index (χ2n) is 12.2. The van der Waals surface area contributed by atoms with Gasteiger partial charge in [0.1, 0.15) is 0 Å². The molecule has 1 amide bonds. The number of amides is 1. The molecule has 0 aliphatic heterocycles. The molecule has 0 aromatic carbocycles. The summed E-state index contributed by atoms with van der Waals surface area (Å²) in [5, 5.41) is 12.7. The average Bonchev–Trinajstić information content (AvgIpc) is 2.60. The maximum absolute atomic E-state index is 12.3. The third-order valence-electron chi connectivity index (χ3n) is 6.75. The minimum atomic E-state index is -0.307. The molecule has 0 aromatic rings. The highest BCUT2D eigenvalue weighted by molar-refractivity contribution is 5.75. The van der Waals surface area contributed by atoms with Crippen molar-refractivity contribution in [2.24, 2.45) is 16.7 Å². The van der Waals surface area contributed by atoms with Crippen LogP contribution in [0.5, 0.6) is 0 Å². The van der Waals surface area contributed by atoms with Crippen molar-refractivity contribution in [3.8, 4) is 0 Å². The van der Waals surface area contributed by atoms with Crippen LogP contribution < -0.4 is 5.32 Å². The fourth-order valence-electron chi connectivity index (χ4n) is 4.76. The lowest BCUT2D eigenvalue weighted by Gasteiger charge is -2.39. The molecule has 5 nitrogen and oxygen atoms in total. The minimum absolute atomic E-state index is 0.0398. The number of aliphatic hydroxyl groups is 1. The van der Waals surface area contributed by atoms with E-state index in [0.29, 0.717) is 32.1 Å². The summed E-state index contributed by atoms with van der Waals surface area (Å²) >= 11 is 0. The Kier molecular flexibility index (Phi) is 13.6. The number of nitrogens with one attached hydrogen (secondary N) is 1. The number of rotatable bonds is 18. The van der Waals surface area contributed by atoms with E-state index in [2.05, 4.69) is 74.6 Å². The first-order valence-electron chi connectivity index (χ1n) is 12.8. The predicted molar refractivity (Wildman–Crippen MR) is 135 cm³/mol. The van der Waals surface area contributed by atoms with E-state index in [1.54, 1.807) is 0 Å². The lowest BCUT2D eigenvalue weighted by atomic mass is 9.67. The molecule has 0 bridgehead atoms. The highest BCUT2D eigenvalue weighted by Gasteiger charge is 2.34. The number of hydrogen-bond donors (Lipinski definition) is 2. The molecule has 0 radical (unpaired) electrons. The van der Waals surface area contributed by atoms with Gasteiger partial charge in [0.05, 0.1) is 24.4 Å². The Morgan fingerprint density at radius 2 is 1.44 bits per heavy atom. The van der Waals surface area contributed by atoms with E-state index in [1.807, 2.05) is 0 Å². The van der Waals surface area contributed by atoms with Gasteiger partial charge in [-0.1, -0.05) is 54.4 Å². The molecule has 1 atom stereocenters. The number of carbonyl (C=O) groups excluding carboxylic acids is 1. The second-order valence-corrected chi connectivity index (χ2v) is 12.2. The molecule has 0 saturated carbocycles. The molecule has 32 heavy (non-hydrogen) atoms. The topological polar surface area (TPSA) is 67.8 Å². The summed E-state index contributed by atoms with van der Waals surface area (Å²) in [4.78, 5) is 12.3. The first kappa shape index (κ1) is 31.4. The van der Waals surface area contributed by atoms with E-state index in [1.165, 1.54) is 0 Å². The standard InChI is InChI=1S/C27H55NO4/c1-11-14-26(7,8)32-19-16-27(9,10)31-18-13-23(30)28-17-15-24(3,4)21-25(5,6)22(12-2)20-29/h22,29H,11-21H2,1-10H3,(H,28,30). The zero-order chi connectivity index (χ0) is 25.1. The van der Waals surface area contributed by atoms with Crippen molar-refractivity contribution in [3.63, 3.8) is 0 Å². The Hall–Kier alpha value is -0.650. The molecule has 2 N–H and O–H groups in total. The van der Waals surface area contributed by atoms with E-state index in [4.69, 9.17) is 9.47 Å². The number of hydrogen-bond acceptors (Lipinski definition) is 4. The second kappa shape index (κ2) is 13.9. The zero-order valence-electron chi connectivity index (χ0n) is 23.0. The van der Waals surface area contributed by atoms with Gasteiger partial charge in [0.2, 0.25) is 5.91 Å². The van der Waals surface area contributed by atoms with E-state index >= 15 is 0 Å². The van der Waals surface area contributed by atoms with Crippen LogP contribution in [0.3, 0.4) is 0 Å². The average molecular weight is 458 g/mol. The van der Waals surface area contributed by atoms with E-state index < -0.39 is 0 Å². The van der Waals surface area contributed by atoms with Crippen molar-refractivity contribution in [1.29, 1.82) is 0 Å². The third-order valence-corrected chi connectivity index (χ3v) is 6.75. The molecule has 0 heterocycles. The monoisotopic (exact) mass is 457 g/mol. The summed E-state index contributed by atoms with van der Waals surface area (Å²) in [6.07, 6.45) is 6.25.